The molecule has 146 valence electrons. The molecule has 2 aromatic heterocycles. The summed E-state index contributed by atoms with van der Waals surface area (Å²) in [5, 5.41) is 0. The number of fused-ring (bicyclic) bond motifs is 1. The fraction of sp³-hybridized carbons (Fsp3) is 0.136. The van der Waals surface area contributed by atoms with Gasteiger partial charge in [-0.1, -0.05) is 18.2 Å². The van der Waals surface area contributed by atoms with Crippen LogP contribution in [0, 0.1) is 0 Å². The number of hydrogen-bond donors (Lipinski definition) is 0. The summed E-state index contributed by atoms with van der Waals surface area (Å²) in [4.78, 5) is 17.2. The molecule has 29 heavy (non-hydrogen) atoms. The molecule has 0 aliphatic carbocycles. The molecule has 2 aromatic carbocycles. The molecular formula is C22H18N2O4S. The van der Waals surface area contributed by atoms with E-state index in [4.69, 9.17) is 14.2 Å². The summed E-state index contributed by atoms with van der Waals surface area (Å²) in [6, 6.07) is 15.0. The molecule has 0 bridgehead atoms. The highest BCUT2D eigenvalue weighted by molar-refractivity contribution is 7.11. The van der Waals surface area contributed by atoms with Crippen LogP contribution in [0.1, 0.15) is 10.4 Å². The monoisotopic (exact) mass is 406 g/mol. The predicted molar refractivity (Wildman–Crippen MR) is 113 cm³/mol. The van der Waals surface area contributed by atoms with Crippen LogP contribution < -0.4 is 9.47 Å². The summed E-state index contributed by atoms with van der Waals surface area (Å²) in [5.41, 5.74) is 5.01. The fourth-order valence-corrected chi connectivity index (χ4v) is 3.89. The topological polar surface area (TPSA) is 70.5 Å². The van der Waals surface area contributed by atoms with Crippen molar-refractivity contribution in [3.8, 4) is 33.1 Å². The van der Waals surface area contributed by atoms with Crippen LogP contribution in [0.5, 0.6) is 11.5 Å². The minimum atomic E-state index is -0.358. The maximum Gasteiger partial charge on any atom is 0.337 e. The van der Waals surface area contributed by atoms with E-state index in [0.717, 1.165) is 32.6 Å². The van der Waals surface area contributed by atoms with E-state index in [9.17, 15) is 4.79 Å². The number of nitrogens with zero attached hydrogens (tertiary/aromatic N) is 2. The first-order valence-corrected chi connectivity index (χ1v) is 9.58. The number of pyridine rings is 1. The largest absolute Gasteiger partial charge is 0.493 e. The van der Waals surface area contributed by atoms with Crippen molar-refractivity contribution in [2.75, 3.05) is 21.3 Å². The molecule has 7 heteroatoms. The number of hydrogen-bond acceptors (Lipinski definition) is 7. The average Bonchev–Trinajstić information content (AvgIpc) is 3.21. The molecular weight excluding hydrogens is 388 g/mol. The molecule has 0 amide bonds. The van der Waals surface area contributed by atoms with Crippen molar-refractivity contribution in [3.05, 3.63) is 60.3 Å². The van der Waals surface area contributed by atoms with Crippen molar-refractivity contribution in [2.24, 2.45) is 0 Å². The number of esters is 1. The highest BCUT2D eigenvalue weighted by Gasteiger charge is 2.13. The molecule has 6 nitrogen and oxygen atoms in total. The molecule has 0 spiro atoms. The molecule has 0 unspecified atom stereocenters. The van der Waals surface area contributed by atoms with Crippen molar-refractivity contribution < 1.29 is 19.0 Å². The average molecular weight is 406 g/mol. The Morgan fingerprint density at radius 1 is 0.862 bits per heavy atom. The molecule has 0 aliphatic rings. The molecule has 0 radical (unpaired) electrons. The number of benzene rings is 2. The van der Waals surface area contributed by atoms with E-state index in [1.807, 2.05) is 42.6 Å². The van der Waals surface area contributed by atoms with Gasteiger partial charge >= 0.3 is 5.97 Å². The molecule has 2 heterocycles. The number of carbonyl (C=O) groups excluding carboxylic acids is 1. The Balaban J connectivity index is 1.70. The first-order chi connectivity index (χ1) is 14.1. The summed E-state index contributed by atoms with van der Waals surface area (Å²) in [5.74, 6) is 0.981. The fourth-order valence-electron chi connectivity index (χ4n) is 3.07. The highest BCUT2D eigenvalue weighted by Crippen LogP contribution is 2.35. The summed E-state index contributed by atoms with van der Waals surface area (Å²) in [6.45, 7) is 0. The van der Waals surface area contributed by atoms with Crippen LogP contribution in [0.2, 0.25) is 0 Å². The Kier molecular flexibility index (Phi) is 5.14. The number of carbonyl (C=O) groups is 1. The normalized spacial score (nSPS) is 10.7. The summed E-state index contributed by atoms with van der Waals surface area (Å²) >= 11 is 1.38. The second-order valence-corrected chi connectivity index (χ2v) is 7.02. The van der Waals surface area contributed by atoms with Gasteiger partial charge in [-0.15, -0.1) is 0 Å². The lowest BCUT2D eigenvalue weighted by Gasteiger charge is -2.09. The second-order valence-electron chi connectivity index (χ2n) is 6.24. The molecule has 4 rings (SSSR count). The minimum absolute atomic E-state index is 0.358. The third kappa shape index (κ3) is 3.52. The van der Waals surface area contributed by atoms with Crippen LogP contribution in [0.25, 0.3) is 32.6 Å². The van der Waals surface area contributed by atoms with Crippen LogP contribution in [0.15, 0.2) is 54.7 Å². The smallest absolute Gasteiger partial charge is 0.337 e. The molecule has 4 aromatic rings. The summed E-state index contributed by atoms with van der Waals surface area (Å²) in [6.07, 6.45) is 1.82. The molecule has 0 N–H and O–H groups in total. The van der Waals surface area contributed by atoms with Gasteiger partial charge < -0.3 is 14.2 Å². The van der Waals surface area contributed by atoms with Gasteiger partial charge in [0.05, 0.1) is 31.8 Å². The van der Waals surface area contributed by atoms with Crippen molar-refractivity contribution in [2.45, 2.75) is 0 Å². The van der Waals surface area contributed by atoms with Crippen LogP contribution in [-0.4, -0.2) is 36.7 Å². The van der Waals surface area contributed by atoms with Crippen molar-refractivity contribution >= 4 is 28.5 Å². The number of aromatic nitrogens is 2. The zero-order chi connectivity index (χ0) is 20.4. The van der Waals surface area contributed by atoms with Gasteiger partial charge in [0.15, 0.2) is 11.5 Å². The molecule has 0 saturated carbocycles. The van der Waals surface area contributed by atoms with E-state index in [0.29, 0.717) is 17.1 Å². The molecule has 0 fully saturated rings. The summed E-state index contributed by atoms with van der Waals surface area (Å²) in [7, 11) is 4.59. The van der Waals surface area contributed by atoms with Gasteiger partial charge in [-0.2, -0.15) is 4.37 Å². The number of ether oxygens (including phenoxy) is 3. The Labute approximate surface area is 171 Å². The van der Waals surface area contributed by atoms with E-state index < -0.39 is 0 Å². The predicted octanol–water partition coefficient (Wildman–Crippen LogP) is 4.83. The number of methoxy groups -OCH3 is 3. The molecule has 0 atom stereocenters. The van der Waals surface area contributed by atoms with E-state index in [-0.39, 0.29) is 5.97 Å². The molecule has 0 aliphatic heterocycles. The number of rotatable bonds is 5. The van der Waals surface area contributed by atoms with Crippen LogP contribution in [0.4, 0.5) is 0 Å². The van der Waals surface area contributed by atoms with E-state index in [2.05, 4.69) is 9.36 Å². The van der Waals surface area contributed by atoms with Crippen LogP contribution in [0.3, 0.4) is 0 Å². The standard InChI is InChI=1S/C22H18N2O4S/c1-26-18-9-8-15(11-19(18)27-2)16-10-17-20(23-12-16)21(29-24-17)13-4-6-14(7-5-13)22(25)28-3/h4-12H,1-3H3. The van der Waals surface area contributed by atoms with E-state index in [1.165, 1.54) is 18.6 Å². The lowest BCUT2D eigenvalue weighted by molar-refractivity contribution is 0.0601. The minimum Gasteiger partial charge on any atom is -0.493 e. The maximum absolute atomic E-state index is 11.6. The zero-order valence-electron chi connectivity index (χ0n) is 16.1. The Hall–Kier alpha value is -3.45. The van der Waals surface area contributed by atoms with E-state index in [1.54, 1.807) is 26.4 Å². The van der Waals surface area contributed by atoms with Crippen LogP contribution >= 0.6 is 11.5 Å². The van der Waals surface area contributed by atoms with Gasteiger partial charge in [0, 0.05) is 11.8 Å². The van der Waals surface area contributed by atoms with Crippen molar-refractivity contribution in [1.29, 1.82) is 0 Å². The summed E-state index contributed by atoms with van der Waals surface area (Å²) < 4.78 is 20.0. The van der Waals surface area contributed by atoms with Gasteiger partial charge in [-0.3, -0.25) is 4.98 Å². The van der Waals surface area contributed by atoms with Crippen LogP contribution in [-0.2, 0) is 4.74 Å². The Morgan fingerprint density at radius 2 is 1.59 bits per heavy atom. The Bertz CT molecular complexity index is 1190. The third-order valence-corrected chi connectivity index (χ3v) is 5.50. The second kappa shape index (κ2) is 7.89. The lowest BCUT2D eigenvalue weighted by atomic mass is 10.1. The van der Waals surface area contributed by atoms with Gasteiger partial charge in [-0.25, -0.2) is 4.79 Å². The SMILES string of the molecule is COC(=O)c1ccc(-c2snc3cc(-c4ccc(OC)c(OC)c4)cnc23)cc1. The van der Waals surface area contributed by atoms with Crippen molar-refractivity contribution in [3.63, 3.8) is 0 Å². The van der Waals surface area contributed by atoms with Gasteiger partial charge in [0.2, 0.25) is 0 Å². The van der Waals surface area contributed by atoms with Gasteiger partial charge in [-0.05, 0) is 53.0 Å². The first kappa shape index (κ1) is 18.9. The molecule has 0 saturated heterocycles. The van der Waals surface area contributed by atoms with E-state index >= 15 is 0 Å². The first-order valence-electron chi connectivity index (χ1n) is 8.81. The lowest BCUT2D eigenvalue weighted by Crippen LogP contribution is -2.00. The maximum atomic E-state index is 11.6. The zero-order valence-corrected chi connectivity index (χ0v) is 16.9. The quantitative estimate of drug-likeness (QED) is 0.442. The van der Waals surface area contributed by atoms with Crippen molar-refractivity contribution in [1.82, 2.24) is 9.36 Å². The Morgan fingerprint density at radius 3 is 2.28 bits per heavy atom. The third-order valence-electron chi connectivity index (χ3n) is 4.60. The van der Waals surface area contributed by atoms with Gasteiger partial charge in [0.1, 0.15) is 11.0 Å². The highest BCUT2D eigenvalue weighted by atomic mass is 32.1. The van der Waals surface area contributed by atoms with Gasteiger partial charge in [0.25, 0.3) is 0 Å².